The van der Waals surface area contributed by atoms with Crippen LogP contribution >= 0.6 is 11.8 Å². The number of hydrogen-bond donors (Lipinski definition) is 2. The molecule has 0 saturated carbocycles. The predicted molar refractivity (Wildman–Crippen MR) is 58.9 cm³/mol. The molecule has 0 aromatic heterocycles. The number of carbonyl (C=O) groups is 2. The zero-order valence-electron chi connectivity index (χ0n) is 8.56. The fourth-order valence-corrected chi connectivity index (χ4v) is 2.49. The second-order valence-electron chi connectivity index (χ2n) is 3.48. The molecule has 3 rings (SSSR count). The van der Waals surface area contributed by atoms with Crippen molar-refractivity contribution in [3.63, 3.8) is 0 Å². The van der Waals surface area contributed by atoms with Crippen molar-refractivity contribution in [2.45, 2.75) is 10.3 Å². The highest BCUT2D eigenvalue weighted by molar-refractivity contribution is 8.00. The molecule has 1 saturated heterocycles. The van der Waals surface area contributed by atoms with E-state index in [4.69, 9.17) is 9.47 Å². The van der Waals surface area contributed by atoms with Gasteiger partial charge in [-0.2, -0.15) is 0 Å². The summed E-state index contributed by atoms with van der Waals surface area (Å²) in [7, 11) is 0. The van der Waals surface area contributed by atoms with Crippen LogP contribution in [0.1, 0.15) is 0 Å². The summed E-state index contributed by atoms with van der Waals surface area (Å²) in [6.45, 7) is 0.212. The lowest BCUT2D eigenvalue weighted by molar-refractivity contribution is -0.118. The van der Waals surface area contributed by atoms with E-state index in [9.17, 15) is 9.59 Å². The first-order valence-corrected chi connectivity index (χ1v) is 5.78. The van der Waals surface area contributed by atoms with E-state index < -0.39 is 11.4 Å². The molecule has 17 heavy (non-hydrogen) atoms. The molecule has 0 radical (unpaired) electrons. The normalized spacial score (nSPS) is 21.3. The van der Waals surface area contributed by atoms with Gasteiger partial charge in [0, 0.05) is 4.90 Å². The quantitative estimate of drug-likeness (QED) is 0.757. The van der Waals surface area contributed by atoms with Crippen molar-refractivity contribution in [3.05, 3.63) is 18.2 Å². The Bertz CT molecular complexity index is 505. The Balaban J connectivity index is 1.77. The molecule has 2 aliphatic heterocycles. The van der Waals surface area contributed by atoms with Crippen molar-refractivity contribution in [2.24, 2.45) is 0 Å². The van der Waals surface area contributed by atoms with Crippen LogP contribution in [0.25, 0.3) is 0 Å². The minimum atomic E-state index is -0.595. The highest BCUT2D eigenvalue weighted by Crippen LogP contribution is 2.36. The van der Waals surface area contributed by atoms with Crippen LogP contribution in [0.4, 0.5) is 4.79 Å². The third-order valence-corrected chi connectivity index (χ3v) is 3.43. The largest absolute Gasteiger partial charge is 0.454 e. The van der Waals surface area contributed by atoms with Gasteiger partial charge in [0.25, 0.3) is 5.91 Å². The van der Waals surface area contributed by atoms with Gasteiger partial charge >= 0.3 is 6.03 Å². The first kappa shape index (κ1) is 10.3. The zero-order chi connectivity index (χ0) is 11.8. The average molecular weight is 252 g/mol. The van der Waals surface area contributed by atoms with Gasteiger partial charge in [0.2, 0.25) is 6.79 Å². The Kier molecular flexibility index (Phi) is 2.32. The Hall–Kier alpha value is -1.89. The lowest BCUT2D eigenvalue weighted by atomic mass is 10.3. The van der Waals surface area contributed by atoms with Gasteiger partial charge in [0.05, 0.1) is 0 Å². The van der Waals surface area contributed by atoms with Crippen LogP contribution in [0.15, 0.2) is 23.1 Å². The topological polar surface area (TPSA) is 76.7 Å². The summed E-state index contributed by atoms with van der Waals surface area (Å²) in [5, 5.41) is 4.09. The van der Waals surface area contributed by atoms with E-state index >= 15 is 0 Å². The van der Waals surface area contributed by atoms with Gasteiger partial charge < -0.3 is 14.8 Å². The molecular weight excluding hydrogens is 244 g/mol. The molecule has 1 aromatic rings. The maximum Gasteiger partial charge on any atom is 0.322 e. The fraction of sp³-hybridized carbons (Fsp3) is 0.200. The van der Waals surface area contributed by atoms with E-state index in [1.807, 2.05) is 6.07 Å². The number of benzene rings is 1. The first-order chi connectivity index (χ1) is 8.22. The molecule has 0 aliphatic carbocycles. The summed E-state index contributed by atoms with van der Waals surface area (Å²) in [6, 6.07) is 4.91. The summed E-state index contributed by atoms with van der Waals surface area (Å²) in [5.41, 5.74) is 0. The van der Waals surface area contributed by atoms with Crippen molar-refractivity contribution in [1.29, 1.82) is 0 Å². The third kappa shape index (κ3) is 1.89. The highest BCUT2D eigenvalue weighted by Gasteiger charge is 2.30. The molecule has 3 amide bonds. The van der Waals surface area contributed by atoms with E-state index in [1.165, 1.54) is 11.8 Å². The highest BCUT2D eigenvalue weighted by atomic mass is 32.2. The minimum Gasteiger partial charge on any atom is -0.454 e. The number of amides is 3. The molecule has 2 N–H and O–H groups in total. The third-order valence-electron chi connectivity index (χ3n) is 2.34. The van der Waals surface area contributed by atoms with Crippen LogP contribution in [-0.2, 0) is 4.79 Å². The van der Waals surface area contributed by atoms with Crippen molar-refractivity contribution in [3.8, 4) is 11.5 Å². The Morgan fingerprint density at radius 3 is 2.82 bits per heavy atom. The molecule has 0 bridgehead atoms. The maximum absolute atomic E-state index is 11.4. The molecule has 88 valence electrons. The monoisotopic (exact) mass is 252 g/mol. The first-order valence-electron chi connectivity index (χ1n) is 4.90. The van der Waals surface area contributed by atoms with Gasteiger partial charge in [-0.1, -0.05) is 11.8 Å². The molecule has 0 spiro atoms. The summed E-state index contributed by atoms with van der Waals surface area (Å²) in [4.78, 5) is 23.1. The molecule has 1 atom stereocenters. The van der Waals surface area contributed by atoms with Crippen LogP contribution in [0.3, 0.4) is 0 Å². The molecule has 7 heteroatoms. The number of fused-ring (bicyclic) bond motifs is 1. The number of hydrogen-bond acceptors (Lipinski definition) is 5. The van der Waals surface area contributed by atoms with Crippen molar-refractivity contribution < 1.29 is 19.1 Å². The lowest BCUT2D eigenvalue weighted by Crippen LogP contribution is -2.24. The van der Waals surface area contributed by atoms with E-state index in [2.05, 4.69) is 10.6 Å². The second-order valence-corrected chi connectivity index (χ2v) is 4.65. The molecule has 1 unspecified atom stereocenters. The Morgan fingerprint density at radius 2 is 2.06 bits per heavy atom. The van der Waals surface area contributed by atoms with E-state index in [1.54, 1.807) is 12.1 Å². The minimum absolute atomic E-state index is 0.212. The molecule has 2 heterocycles. The van der Waals surface area contributed by atoms with E-state index in [-0.39, 0.29) is 12.7 Å². The predicted octanol–water partition coefficient (Wildman–Crippen LogP) is 0.673. The molecule has 1 aromatic carbocycles. The number of imide groups is 1. The molecular formula is C10H8N2O4S. The summed E-state index contributed by atoms with van der Waals surface area (Å²) in [5.74, 6) is 1.01. The van der Waals surface area contributed by atoms with Gasteiger partial charge in [-0.15, -0.1) is 0 Å². The zero-order valence-corrected chi connectivity index (χ0v) is 9.37. The number of urea groups is 1. The van der Waals surface area contributed by atoms with Crippen LogP contribution in [0, 0.1) is 0 Å². The number of carbonyl (C=O) groups excluding carboxylic acids is 2. The van der Waals surface area contributed by atoms with Crippen molar-refractivity contribution in [2.75, 3.05) is 6.79 Å². The van der Waals surface area contributed by atoms with Gasteiger partial charge in [0.15, 0.2) is 16.9 Å². The second kappa shape index (κ2) is 3.85. The number of rotatable bonds is 2. The van der Waals surface area contributed by atoms with Gasteiger partial charge in [-0.25, -0.2) is 4.79 Å². The summed E-state index contributed by atoms with van der Waals surface area (Å²) in [6.07, 6.45) is 0. The van der Waals surface area contributed by atoms with E-state index in [0.29, 0.717) is 11.5 Å². The number of ether oxygens (including phenoxy) is 2. The summed E-state index contributed by atoms with van der Waals surface area (Å²) < 4.78 is 10.4. The number of thioether (sulfide) groups is 1. The molecule has 2 aliphatic rings. The number of nitrogens with one attached hydrogen (secondary N) is 2. The van der Waals surface area contributed by atoms with Crippen molar-refractivity contribution >= 4 is 23.7 Å². The van der Waals surface area contributed by atoms with Crippen molar-refractivity contribution in [1.82, 2.24) is 10.6 Å². The smallest absolute Gasteiger partial charge is 0.322 e. The summed E-state index contributed by atoms with van der Waals surface area (Å²) >= 11 is 1.25. The SMILES string of the molecule is O=C1NC(=O)C(Sc2ccc3c(c2)OCO3)N1. The van der Waals surface area contributed by atoms with Crippen LogP contribution in [-0.4, -0.2) is 24.1 Å². The van der Waals surface area contributed by atoms with Gasteiger partial charge in [0.1, 0.15) is 0 Å². The Labute approximate surface area is 101 Å². The lowest BCUT2D eigenvalue weighted by Gasteiger charge is -2.07. The van der Waals surface area contributed by atoms with Crippen LogP contribution < -0.4 is 20.1 Å². The Morgan fingerprint density at radius 1 is 1.24 bits per heavy atom. The van der Waals surface area contributed by atoms with E-state index in [0.717, 1.165) is 4.90 Å². The fourth-order valence-electron chi connectivity index (χ4n) is 1.57. The van der Waals surface area contributed by atoms with Crippen LogP contribution in [0.5, 0.6) is 11.5 Å². The van der Waals surface area contributed by atoms with Gasteiger partial charge in [-0.05, 0) is 18.2 Å². The molecule has 6 nitrogen and oxygen atoms in total. The maximum atomic E-state index is 11.4. The standard InChI is InChI=1S/C10H8N2O4S/c13-8-9(12-10(14)11-8)17-5-1-2-6-7(3-5)16-4-15-6/h1-3,9H,4H2,(H2,11,12,13,14). The average Bonchev–Trinajstić information content (AvgIpc) is 2.85. The van der Waals surface area contributed by atoms with Crippen LogP contribution in [0.2, 0.25) is 0 Å². The molecule has 1 fully saturated rings. The van der Waals surface area contributed by atoms with Gasteiger partial charge in [-0.3, -0.25) is 10.1 Å².